The molecule has 9 rings (SSSR count). The normalized spacial score (nSPS) is 11.1. The van der Waals surface area contributed by atoms with Crippen LogP contribution in [-0.4, -0.2) is 9.13 Å². The molecule has 0 aliphatic heterocycles. The highest BCUT2D eigenvalue weighted by Gasteiger charge is 2.21. The summed E-state index contributed by atoms with van der Waals surface area (Å²) in [5.74, 6) is 0. The zero-order valence-corrected chi connectivity index (χ0v) is 26.7. The molecule has 0 amide bonds. The molecular formula is C45H25N5. The summed E-state index contributed by atoms with van der Waals surface area (Å²) in [5, 5.41) is 14.4. The fraction of sp³-hybridized carbons (Fsp3) is 0. The van der Waals surface area contributed by atoms with E-state index in [0.29, 0.717) is 16.9 Å². The standard InChI is InChI=1S/C45H25N5/c1-47-31-21-25-44-39(27-31)36-12-5-8-17-43(36)50(44)45-37(13-9-14-40(45)48-2)33-24-18-29(28-46)26-38(33)30-19-22-32(23-20-30)49-41-15-6-3-10-34(41)35-11-4-7-16-42(35)49/h3-27H. The van der Waals surface area contributed by atoms with Gasteiger partial charge in [-0.25, -0.2) is 9.69 Å². The number of para-hydroxylation sites is 4. The molecule has 50 heavy (non-hydrogen) atoms. The molecule has 0 N–H and O–H groups in total. The van der Waals surface area contributed by atoms with Gasteiger partial charge >= 0.3 is 0 Å². The Morgan fingerprint density at radius 1 is 0.480 bits per heavy atom. The second-order valence-corrected chi connectivity index (χ2v) is 12.2. The molecule has 0 fully saturated rings. The van der Waals surface area contributed by atoms with E-state index in [2.05, 4.69) is 116 Å². The summed E-state index contributed by atoms with van der Waals surface area (Å²) in [7, 11) is 0. The molecule has 2 heterocycles. The molecule has 0 saturated heterocycles. The van der Waals surface area contributed by atoms with Crippen LogP contribution >= 0.6 is 0 Å². The fourth-order valence-corrected chi connectivity index (χ4v) is 7.42. The lowest BCUT2D eigenvalue weighted by atomic mass is 9.91. The second kappa shape index (κ2) is 11.4. The maximum Gasteiger partial charge on any atom is 0.211 e. The SMILES string of the molecule is [C-]#[N+]c1ccc2c(c1)c1ccccc1n2-c1c([N+]#[C-])cccc1-c1ccc(C#N)cc1-c1ccc(-n2c3ccccc3c3ccccc32)cc1. The summed E-state index contributed by atoms with van der Waals surface area (Å²) in [6.07, 6.45) is 0. The first-order valence-electron chi connectivity index (χ1n) is 16.2. The number of hydrogen-bond donors (Lipinski definition) is 0. The van der Waals surface area contributed by atoms with Crippen molar-refractivity contribution in [1.82, 2.24) is 9.13 Å². The Kier molecular flexibility index (Phi) is 6.56. The Labute approximate surface area is 288 Å². The van der Waals surface area contributed by atoms with E-state index in [1.807, 2.05) is 60.7 Å². The predicted octanol–water partition coefficient (Wildman–Crippen LogP) is 12.2. The third kappa shape index (κ3) is 4.31. The van der Waals surface area contributed by atoms with Crippen molar-refractivity contribution in [3.63, 3.8) is 0 Å². The minimum absolute atomic E-state index is 0.511. The molecule has 0 aliphatic carbocycles. The van der Waals surface area contributed by atoms with Crippen molar-refractivity contribution >= 4 is 55.0 Å². The van der Waals surface area contributed by atoms with Gasteiger partial charge in [0.1, 0.15) is 0 Å². The molecule has 0 saturated carbocycles. The maximum absolute atomic E-state index is 9.99. The van der Waals surface area contributed by atoms with Crippen molar-refractivity contribution in [2.45, 2.75) is 0 Å². The zero-order valence-electron chi connectivity index (χ0n) is 26.7. The summed E-state index contributed by atoms with van der Waals surface area (Å²) in [6, 6.07) is 53.2. The van der Waals surface area contributed by atoms with Crippen LogP contribution in [0, 0.1) is 24.5 Å². The lowest BCUT2D eigenvalue weighted by molar-refractivity contribution is 1.18. The lowest BCUT2D eigenvalue weighted by Gasteiger charge is -2.19. The van der Waals surface area contributed by atoms with Gasteiger partial charge in [-0.2, -0.15) is 5.26 Å². The first-order chi connectivity index (χ1) is 24.7. The van der Waals surface area contributed by atoms with E-state index in [-0.39, 0.29) is 0 Å². The van der Waals surface area contributed by atoms with E-state index in [1.165, 1.54) is 10.8 Å². The summed E-state index contributed by atoms with van der Waals surface area (Å²) in [4.78, 5) is 7.70. The first-order valence-corrected chi connectivity index (χ1v) is 16.2. The molecule has 0 spiro atoms. The number of aromatic nitrogens is 2. The fourth-order valence-electron chi connectivity index (χ4n) is 7.42. The van der Waals surface area contributed by atoms with Crippen LogP contribution in [0.1, 0.15) is 5.56 Å². The number of hydrogen-bond acceptors (Lipinski definition) is 1. The summed E-state index contributed by atoms with van der Waals surface area (Å²) < 4.78 is 4.44. The Balaban J connectivity index is 1.27. The van der Waals surface area contributed by atoms with Crippen LogP contribution in [0.25, 0.3) is 86.9 Å². The molecule has 2 aromatic heterocycles. The largest absolute Gasteiger partial charge is 0.318 e. The third-order valence-electron chi connectivity index (χ3n) is 9.60. The molecule has 9 aromatic rings. The van der Waals surface area contributed by atoms with Gasteiger partial charge in [0.2, 0.25) is 5.69 Å². The quantitative estimate of drug-likeness (QED) is 0.177. The van der Waals surface area contributed by atoms with Crippen molar-refractivity contribution in [1.29, 1.82) is 5.26 Å². The van der Waals surface area contributed by atoms with E-state index < -0.39 is 0 Å². The summed E-state index contributed by atoms with van der Waals surface area (Å²) in [5.41, 5.74) is 11.3. The highest BCUT2D eigenvalue weighted by atomic mass is 15.0. The molecule has 0 bridgehead atoms. The van der Waals surface area contributed by atoms with Crippen LogP contribution < -0.4 is 0 Å². The summed E-state index contributed by atoms with van der Waals surface area (Å²) >= 11 is 0. The molecule has 5 nitrogen and oxygen atoms in total. The van der Waals surface area contributed by atoms with Gasteiger partial charge in [0.25, 0.3) is 0 Å². The van der Waals surface area contributed by atoms with Gasteiger partial charge in [-0.15, -0.1) is 0 Å². The molecule has 0 aliphatic rings. The van der Waals surface area contributed by atoms with Gasteiger partial charge in [-0.3, -0.25) is 0 Å². The van der Waals surface area contributed by atoms with Crippen molar-refractivity contribution < 1.29 is 0 Å². The van der Waals surface area contributed by atoms with Gasteiger partial charge in [0, 0.05) is 21.8 Å². The van der Waals surface area contributed by atoms with E-state index in [1.54, 1.807) is 0 Å². The van der Waals surface area contributed by atoms with Crippen LogP contribution in [0.15, 0.2) is 152 Å². The topological polar surface area (TPSA) is 42.4 Å². The average Bonchev–Trinajstić information content (AvgIpc) is 3.70. The van der Waals surface area contributed by atoms with E-state index in [9.17, 15) is 5.26 Å². The number of nitriles is 1. The molecule has 5 heteroatoms. The van der Waals surface area contributed by atoms with Gasteiger partial charge in [-0.05, 0) is 82.2 Å². The van der Waals surface area contributed by atoms with Crippen LogP contribution in [0.2, 0.25) is 0 Å². The van der Waals surface area contributed by atoms with Gasteiger partial charge < -0.3 is 9.13 Å². The van der Waals surface area contributed by atoms with Crippen LogP contribution in [0.5, 0.6) is 0 Å². The Hall–Kier alpha value is -7.39. The van der Waals surface area contributed by atoms with E-state index >= 15 is 0 Å². The Bertz CT molecular complexity index is 2900. The third-order valence-corrected chi connectivity index (χ3v) is 9.60. The minimum atomic E-state index is 0.511. The number of benzene rings is 7. The average molecular weight is 636 g/mol. The highest BCUT2D eigenvalue weighted by Crippen LogP contribution is 2.44. The number of rotatable bonds is 4. The monoisotopic (exact) mass is 635 g/mol. The smallest absolute Gasteiger partial charge is 0.211 e. The summed E-state index contributed by atoms with van der Waals surface area (Å²) in [6.45, 7) is 15.9. The Morgan fingerprint density at radius 2 is 1.10 bits per heavy atom. The Morgan fingerprint density at radius 3 is 1.74 bits per heavy atom. The van der Waals surface area contributed by atoms with Gasteiger partial charge in [-0.1, -0.05) is 97.1 Å². The lowest BCUT2D eigenvalue weighted by Crippen LogP contribution is -1.99. The molecule has 7 aromatic carbocycles. The van der Waals surface area contributed by atoms with Crippen molar-refractivity contribution in [3.05, 3.63) is 180 Å². The highest BCUT2D eigenvalue weighted by molar-refractivity contribution is 6.12. The zero-order chi connectivity index (χ0) is 33.8. The maximum atomic E-state index is 9.99. The predicted molar refractivity (Wildman–Crippen MR) is 203 cm³/mol. The van der Waals surface area contributed by atoms with Crippen LogP contribution in [0.4, 0.5) is 11.4 Å². The van der Waals surface area contributed by atoms with E-state index in [0.717, 1.165) is 66.5 Å². The molecule has 0 unspecified atom stereocenters. The van der Waals surface area contributed by atoms with Gasteiger partial charge in [0.15, 0.2) is 5.69 Å². The van der Waals surface area contributed by atoms with Crippen LogP contribution in [0.3, 0.4) is 0 Å². The second-order valence-electron chi connectivity index (χ2n) is 12.2. The molecular weight excluding hydrogens is 611 g/mol. The van der Waals surface area contributed by atoms with E-state index in [4.69, 9.17) is 13.1 Å². The first kappa shape index (κ1) is 28.8. The molecule has 0 atom stereocenters. The number of fused-ring (bicyclic) bond motifs is 6. The number of nitrogens with zero attached hydrogens (tertiary/aromatic N) is 5. The van der Waals surface area contributed by atoms with Crippen molar-refractivity contribution in [2.24, 2.45) is 0 Å². The van der Waals surface area contributed by atoms with Gasteiger partial charge in [0.05, 0.1) is 52.5 Å². The molecule has 0 radical (unpaired) electrons. The minimum Gasteiger partial charge on any atom is -0.318 e. The van der Waals surface area contributed by atoms with Crippen molar-refractivity contribution in [2.75, 3.05) is 0 Å². The van der Waals surface area contributed by atoms with Crippen molar-refractivity contribution in [3.8, 4) is 39.7 Å². The van der Waals surface area contributed by atoms with Crippen LogP contribution in [-0.2, 0) is 0 Å². The molecule has 230 valence electrons.